The number of para-hydroxylation sites is 1. The molecule has 0 aliphatic heterocycles. The molecular weight excluding hydrogens is 399 g/mol. The Kier molecular flexibility index (Phi) is 5.86. The maximum atomic E-state index is 13.4. The number of thiazole rings is 1. The molecule has 1 aromatic heterocycles. The molecular formula is C24H19FN2O2S. The highest BCUT2D eigenvalue weighted by atomic mass is 32.1. The minimum atomic E-state index is -0.427. The average Bonchev–Trinajstić information content (AvgIpc) is 3.20. The van der Waals surface area contributed by atoms with Gasteiger partial charge in [-0.15, -0.1) is 11.3 Å². The highest BCUT2D eigenvalue weighted by molar-refractivity contribution is 7.19. The summed E-state index contributed by atoms with van der Waals surface area (Å²) in [5.74, 6) is 0.132. The van der Waals surface area contributed by atoms with E-state index in [1.54, 1.807) is 25.3 Å². The molecule has 4 aromatic rings. The van der Waals surface area contributed by atoms with Crippen LogP contribution >= 0.6 is 11.3 Å². The predicted molar refractivity (Wildman–Crippen MR) is 118 cm³/mol. The summed E-state index contributed by atoms with van der Waals surface area (Å²) < 4.78 is 19.7. The van der Waals surface area contributed by atoms with Crippen molar-refractivity contribution in [3.8, 4) is 5.75 Å². The molecule has 150 valence electrons. The van der Waals surface area contributed by atoms with Gasteiger partial charge >= 0.3 is 0 Å². The lowest BCUT2D eigenvalue weighted by molar-refractivity contribution is -0.116. The van der Waals surface area contributed by atoms with Gasteiger partial charge in [0.25, 0.3) is 0 Å². The number of nitrogens with zero attached hydrogens (tertiary/aromatic N) is 1. The van der Waals surface area contributed by atoms with E-state index in [1.165, 1.54) is 29.5 Å². The first-order valence-electron chi connectivity index (χ1n) is 9.36. The lowest BCUT2D eigenvalue weighted by Crippen LogP contribution is -2.27. The van der Waals surface area contributed by atoms with E-state index in [1.807, 2.05) is 48.5 Å². The van der Waals surface area contributed by atoms with Crippen molar-refractivity contribution in [2.24, 2.45) is 0 Å². The lowest BCUT2D eigenvalue weighted by atomic mass is 9.98. The maximum absolute atomic E-state index is 13.4. The van der Waals surface area contributed by atoms with Gasteiger partial charge in [0.05, 0.1) is 23.4 Å². The minimum absolute atomic E-state index is 0.264. The molecule has 0 aliphatic carbocycles. The van der Waals surface area contributed by atoms with Gasteiger partial charge in [0.15, 0.2) is 0 Å². The van der Waals surface area contributed by atoms with Gasteiger partial charge in [-0.25, -0.2) is 9.37 Å². The van der Waals surface area contributed by atoms with Gasteiger partial charge in [0.2, 0.25) is 5.91 Å². The zero-order chi connectivity index (χ0) is 20.9. The first-order valence-corrected chi connectivity index (χ1v) is 10.2. The van der Waals surface area contributed by atoms with Gasteiger partial charge in [-0.2, -0.15) is 0 Å². The quantitative estimate of drug-likeness (QED) is 0.429. The molecule has 1 amide bonds. The number of benzene rings is 3. The summed E-state index contributed by atoms with van der Waals surface area (Å²) in [4.78, 5) is 17.2. The van der Waals surface area contributed by atoms with E-state index in [4.69, 9.17) is 4.74 Å². The average molecular weight is 418 g/mol. The van der Waals surface area contributed by atoms with Crippen molar-refractivity contribution in [3.05, 3.63) is 101 Å². The molecule has 0 spiro atoms. The predicted octanol–water partition coefficient (Wildman–Crippen LogP) is 5.36. The van der Waals surface area contributed by atoms with Crippen LogP contribution in [-0.4, -0.2) is 18.0 Å². The summed E-state index contributed by atoms with van der Waals surface area (Å²) in [6, 6.07) is 20.9. The molecule has 0 radical (unpaired) electrons. The molecule has 1 atom stereocenters. The van der Waals surface area contributed by atoms with Crippen LogP contribution in [-0.2, 0) is 4.79 Å². The molecule has 6 heteroatoms. The molecule has 4 rings (SSSR count). The van der Waals surface area contributed by atoms with E-state index >= 15 is 0 Å². The minimum Gasteiger partial charge on any atom is -0.497 e. The fourth-order valence-electron chi connectivity index (χ4n) is 3.11. The Balaban J connectivity index is 1.56. The molecule has 1 heterocycles. The van der Waals surface area contributed by atoms with Crippen molar-refractivity contribution < 1.29 is 13.9 Å². The third-order valence-electron chi connectivity index (χ3n) is 4.63. The first kappa shape index (κ1) is 19.8. The van der Waals surface area contributed by atoms with Crippen molar-refractivity contribution in [2.75, 3.05) is 7.11 Å². The number of fused-ring (bicyclic) bond motifs is 1. The molecule has 0 saturated carbocycles. The molecule has 4 nitrogen and oxygen atoms in total. The van der Waals surface area contributed by atoms with Crippen LogP contribution < -0.4 is 10.1 Å². The van der Waals surface area contributed by atoms with Crippen molar-refractivity contribution in [2.45, 2.75) is 6.04 Å². The number of halogens is 1. The van der Waals surface area contributed by atoms with Crippen LogP contribution in [0.2, 0.25) is 0 Å². The molecule has 1 N–H and O–H groups in total. The smallest absolute Gasteiger partial charge is 0.244 e. The topological polar surface area (TPSA) is 51.2 Å². The van der Waals surface area contributed by atoms with Gasteiger partial charge in [0, 0.05) is 6.08 Å². The zero-order valence-electron chi connectivity index (χ0n) is 16.2. The van der Waals surface area contributed by atoms with Crippen LogP contribution in [0.15, 0.2) is 78.9 Å². The van der Waals surface area contributed by atoms with Crippen LogP contribution in [0.3, 0.4) is 0 Å². The normalized spacial score (nSPS) is 12.2. The Morgan fingerprint density at radius 1 is 1.03 bits per heavy atom. The number of hydrogen-bond acceptors (Lipinski definition) is 4. The second-order valence-electron chi connectivity index (χ2n) is 6.62. The van der Waals surface area contributed by atoms with Crippen molar-refractivity contribution in [1.29, 1.82) is 0 Å². The number of carbonyl (C=O) groups excluding carboxylic acids is 1. The van der Waals surface area contributed by atoms with E-state index in [0.29, 0.717) is 0 Å². The fourth-order valence-corrected chi connectivity index (χ4v) is 3.98. The summed E-state index contributed by atoms with van der Waals surface area (Å²) in [5.41, 5.74) is 2.55. The largest absolute Gasteiger partial charge is 0.497 e. The van der Waals surface area contributed by atoms with Crippen LogP contribution in [0.1, 0.15) is 22.2 Å². The number of aromatic nitrogens is 1. The van der Waals surface area contributed by atoms with Gasteiger partial charge in [-0.3, -0.25) is 4.79 Å². The third-order valence-corrected chi connectivity index (χ3v) is 5.63. The number of rotatable bonds is 6. The SMILES string of the molecule is COc1ccc(C(NC(=O)C=Cc2nc3ccccc3s2)c2ccc(F)cc2)cc1. The van der Waals surface area contributed by atoms with Gasteiger partial charge in [-0.05, 0) is 53.6 Å². The number of amides is 1. The molecule has 30 heavy (non-hydrogen) atoms. The number of methoxy groups -OCH3 is 1. The molecule has 1 unspecified atom stereocenters. The summed E-state index contributed by atoms with van der Waals surface area (Å²) >= 11 is 1.52. The zero-order valence-corrected chi connectivity index (χ0v) is 17.0. The molecule has 3 aromatic carbocycles. The summed E-state index contributed by atoms with van der Waals surface area (Å²) in [7, 11) is 1.60. The van der Waals surface area contributed by atoms with Crippen molar-refractivity contribution in [1.82, 2.24) is 10.3 Å². The second kappa shape index (κ2) is 8.88. The number of ether oxygens (including phenoxy) is 1. The van der Waals surface area contributed by atoms with E-state index in [9.17, 15) is 9.18 Å². The second-order valence-corrected chi connectivity index (χ2v) is 7.68. The van der Waals surface area contributed by atoms with Gasteiger partial charge in [-0.1, -0.05) is 36.4 Å². The monoisotopic (exact) mass is 418 g/mol. The van der Waals surface area contributed by atoms with Crippen LogP contribution in [0.4, 0.5) is 4.39 Å². The Bertz CT molecular complexity index is 1150. The van der Waals surface area contributed by atoms with Crippen LogP contribution in [0, 0.1) is 5.82 Å². The van der Waals surface area contributed by atoms with E-state index in [-0.39, 0.29) is 11.7 Å². The van der Waals surface area contributed by atoms with E-state index in [0.717, 1.165) is 32.1 Å². The van der Waals surface area contributed by atoms with E-state index in [2.05, 4.69) is 10.3 Å². The highest BCUT2D eigenvalue weighted by Crippen LogP contribution is 2.25. The first-order chi connectivity index (χ1) is 14.6. The Morgan fingerprint density at radius 3 is 2.37 bits per heavy atom. The highest BCUT2D eigenvalue weighted by Gasteiger charge is 2.16. The summed E-state index contributed by atoms with van der Waals surface area (Å²) in [5, 5.41) is 3.76. The number of hydrogen-bond donors (Lipinski definition) is 1. The summed E-state index contributed by atoms with van der Waals surface area (Å²) in [6.45, 7) is 0. The molecule has 0 fully saturated rings. The lowest BCUT2D eigenvalue weighted by Gasteiger charge is -2.19. The van der Waals surface area contributed by atoms with Crippen LogP contribution in [0.25, 0.3) is 16.3 Å². The Morgan fingerprint density at radius 2 is 1.70 bits per heavy atom. The fraction of sp³-hybridized carbons (Fsp3) is 0.0833. The Labute approximate surface area is 177 Å². The van der Waals surface area contributed by atoms with E-state index < -0.39 is 6.04 Å². The number of carbonyl (C=O) groups is 1. The molecule has 0 saturated heterocycles. The van der Waals surface area contributed by atoms with Crippen molar-refractivity contribution >= 4 is 33.5 Å². The molecule has 0 aliphatic rings. The van der Waals surface area contributed by atoms with Crippen LogP contribution in [0.5, 0.6) is 5.75 Å². The molecule has 0 bridgehead atoms. The van der Waals surface area contributed by atoms with Gasteiger partial charge < -0.3 is 10.1 Å². The Hall–Kier alpha value is -3.51. The number of nitrogens with one attached hydrogen (secondary N) is 1. The summed E-state index contributed by atoms with van der Waals surface area (Å²) in [6.07, 6.45) is 3.17. The van der Waals surface area contributed by atoms with Gasteiger partial charge in [0.1, 0.15) is 16.6 Å². The third kappa shape index (κ3) is 4.55. The maximum Gasteiger partial charge on any atom is 0.244 e. The van der Waals surface area contributed by atoms with Crippen molar-refractivity contribution in [3.63, 3.8) is 0 Å². The standard InChI is InChI=1S/C24H19FN2O2S/c1-29-19-12-8-17(9-13-19)24(16-6-10-18(25)11-7-16)27-22(28)14-15-23-26-20-4-2-3-5-21(20)30-23/h2-15,24H,1H3,(H,27,28).